The normalized spacial score (nSPS) is 16.4. The van der Waals surface area contributed by atoms with Gasteiger partial charge < -0.3 is 13.9 Å². The van der Waals surface area contributed by atoms with E-state index in [9.17, 15) is 4.79 Å². The van der Waals surface area contributed by atoms with Crippen molar-refractivity contribution in [2.24, 2.45) is 0 Å². The van der Waals surface area contributed by atoms with Crippen molar-refractivity contribution in [2.75, 3.05) is 13.7 Å². The van der Waals surface area contributed by atoms with Gasteiger partial charge in [0.1, 0.15) is 29.9 Å². The first-order chi connectivity index (χ1) is 16.5. The van der Waals surface area contributed by atoms with Gasteiger partial charge in [-0.15, -0.1) is 0 Å². The van der Waals surface area contributed by atoms with E-state index in [2.05, 4.69) is 48.0 Å². The van der Waals surface area contributed by atoms with Crippen LogP contribution in [0.3, 0.4) is 0 Å². The number of aromatic nitrogens is 1. The summed E-state index contributed by atoms with van der Waals surface area (Å²) in [4.78, 5) is 19.1. The van der Waals surface area contributed by atoms with Gasteiger partial charge in [0.25, 0.3) is 0 Å². The fourth-order valence-corrected chi connectivity index (χ4v) is 4.51. The van der Waals surface area contributed by atoms with Gasteiger partial charge in [-0.1, -0.05) is 37.1 Å². The van der Waals surface area contributed by atoms with Gasteiger partial charge in [0.15, 0.2) is 0 Å². The number of aryl methyl sites for hydroxylation is 3. The molecule has 0 amide bonds. The van der Waals surface area contributed by atoms with Crippen LogP contribution in [-0.4, -0.2) is 35.5 Å². The number of hydrogen-bond acceptors (Lipinski definition) is 6. The lowest BCUT2D eigenvalue weighted by Crippen LogP contribution is -2.44. The van der Waals surface area contributed by atoms with E-state index in [1.165, 1.54) is 23.8 Å². The second kappa shape index (κ2) is 10.9. The molecule has 3 aromatic rings. The second-order valence-electron chi connectivity index (χ2n) is 8.97. The van der Waals surface area contributed by atoms with Gasteiger partial charge in [0.2, 0.25) is 5.89 Å². The maximum atomic E-state index is 12.2. The molecular formula is C28H34N2O4. The lowest BCUT2D eigenvalue weighted by molar-refractivity contribution is -0.148. The molecule has 6 heteroatoms. The van der Waals surface area contributed by atoms with Crippen molar-refractivity contribution < 1.29 is 18.7 Å². The zero-order chi connectivity index (χ0) is 24.1. The number of benzene rings is 2. The maximum Gasteiger partial charge on any atom is 0.323 e. The first-order valence-corrected chi connectivity index (χ1v) is 12.1. The molecule has 0 aliphatic carbocycles. The number of nitrogens with zero attached hydrogens (tertiary/aromatic N) is 2. The first-order valence-electron chi connectivity index (χ1n) is 12.1. The van der Waals surface area contributed by atoms with E-state index in [0.717, 1.165) is 61.5 Å². The summed E-state index contributed by atoms with van der Waals surface area (Å²) in [7, 11) is 1.47. The van der Waals surface area contributed by atoms with Gasteiger partial charge in [-0.3, -0.25) is 9.69 Å². The van der Waals surface area contributed by atoms with Crippen LogP contribution in [0.15, 0.2) is 46.9 Å². The van der Waals surface area contributed by atoms with E-state index in [1.54, 1.807) is 0 Å². The van der Waals surface area contributed by atoms with Crippen molar-refractivity contribution in [1.29, 1.82) is 0 Å². The van der Waals surface area contributed by atoms with Gasteiger partial charge in [-0.25, -0.2) is 4.98 Å². The molecule has 1 unspecified atom stereocenters. The van der Waals surface area contributed by atoms with E-state index >= 15 is 0 Å². The van der Waals surface area contributed by atoms with Crippen molar-refractivity contribution in [1.82, 2.24) is 9.88 Å². The molecule has 0 saturated carbocycles. The molecule has 2 heterocycles. The topological polar surface area (TPSA) is 64.8 Å². The van der Waals surface area contributed by atoms with Gasteiger partial charge in [-0.2, -0.15) is 0 Å². The van der Waals surface area contributed by atoms with Crippen molar-refractivity contribution in [3.8, 4) is 17.2 Å². The van der Waals surface area contributed by atoms with Gasteiger partial charge in [0.05, 0.1) is 7.11 Å². The van der Waals surface area contributed by atoms with Crippen LogP contribution >= 0.6 is 0 Å². The van der Waals surface area contributed by atoms with Crippen LogP contribution in [0.2, 0.25) is 0 Å². The third-order valence-electron chi connectivity index (χ3n) is 6.59. The van der Waals surface area contributed by atoms with Crippen LogP contribution in [-0.2, 0) is 29.1 Å². The number of likely N-dealkylation sites (tertiary alicyclic amines) is 1. The standard InChI is InChI=1S/C28H34N2O4/c1-5-21-16-24(14-13-23(21)17-30-15-7-6-8-26(30)28(31)32-4)33-18-25-20(3)34-27(29-25)22-11-9-19(2)10-12-22/h9-14,16,26H,5-8,15,17-18H2,1-4H3. The van der Waals surface area contributed by atoms with Crippen molar-refractivity contribution >= 4 is 5.97 Å². The minimum atomic E-state index is -0.155. The summed E-state index contributed by atoms with van der Waals surface area (Å²) in [6.07, 6.45) is 3.93. The minimum Gasteiger partial charge on any atom is -0.487 e. The zero-order valence-electron chi connectivity index (χ0n) is 20.6. The van der Waals surface area contributed by atoms with Crippen LogP contribution in [0, 0.1) is 13.8 Å². The molecule has 0 spiro atoms. The average Bonchev–Trinajstić information content (AvgIpc) is 3.24. The minimum absolute atomic E-state index is 0.134. The summed E-state index contributed by atoms with van der Waals surface area (Å²) in [6, 6.07) is 14.2. The SMILES string of the molecule is CCc1cc(OCc2nc(-c3ccc(C)cc3)oc2C)ccc1CN1CCCCC1C(=O)OC. The molecule has 1 aliphatic heterocycles. The summed E-state index contributed by atoms with van der Waals surface area (Å²) < 4.78 is 17.0. The Morgan fingerprint density at radius 2 is 1.91 bits per heavy atom. The first kappa shape index (κ1) is 24.0. The Labute approximate surface area is 201 Å². The molecule has 1 saturated heterocycles. The van der Waals surface area contributed by atoms with Gasteiger partial charge in [0, 0.05) is 12.1 Å². The molecule has 4 rings (SSSR count). The Hall–Kier alpha value is -3.12. The highest BCUT2D eigenvalue weighted by molar-refractivity contribution is 5.75. The smallest absolute Gasteiger partial charge is 0.323 e. The number of rotatable bonds is 8. The number of methoxy groups -OCH3 is 1. The van der Waals surface area contributed by atoms with Crippen molar-refractivity contribution in [3.63, 3.8) is 0 Å². The Morgan fingerprint density at radius 3 is 2.65 bits per heavy atom. The Balaban J connectivity index is 1.44. The van der Waals surface area contributed by atoms with E-state index in [1.807, 2.05) is 25.1 Å². The average molecular weight is 463 g/mol. The summed E-state index contributed by atoms with van der Waals surface area (Å²) in [6.45, 7) is 8.12. The summed E-state index contributed by atoms with van der Waals surface area (Å²) >= 11 is 0. The number of carbonyl (C=O) groups is 1. The monoisotopic (exact) mass is 462 g/mol. The van der Waals surface area contributed by atoms with Crippen LogP contribution in [0.5, 0.6) is 5.75 Å². The summed E-state index contributed by atoms with van der Waals surface area (Å²) in [5.74, 6) is 2.05. The van der Waals surface area contributed by atoms with Crippen LogP contribution in [0.1, 0.15) is 54.3 Å². The zero-order valence-corrected chi connectivity index (χ0v) is 20.6. The van der Waals surface area contributed by atoms with Crippen LogP contribution in [0.25, 0.3) is 11.5 Å². The predicted octanol–water partition coefficient (Wildman–Crippen LogP) is 5.63. The molecule has 1 atom stereocenters. The Bertz CT molecular complexity index is 1120. The van der Waals surface area contributed by atoms with E-state index < -0.39 is 0 Å². The van der Waals surface area contributed by atoms with E-state index in [-0.39, 0.29) is 12.0 Å². The van der Waals surface area contributed by atoms with Gasteiger partial charge in [-0.05, 0) is 75.0 Å². The summed E-state index contributed by atoms with van der Waals surface area (Å²) in [5.41, 5.74) is 5.41. The highest BCUT2D eigenvalue weighted by Gasteiger charge is 2.29. The number of piperidine rings is 1. The molecule has 1 aromatic heterocycles. The molecule has 6 nitrogen and oxygen atoms in total. The van der Waals surface area contributed by atoms with Crippen molar-refractivity contribution in [2.45, 2.75) is 65.6 Å². The largest absolute Gasteiger partial charge is 0.487 e. The second-order valence-corrected chi connectivity index (χ2v) is 8.97. The lowest BCUT2D eigenvalue weighted by Gasteiger charge is -2.34. The quantitative estimate of drug-likeness (QED) is 0.405. The van der Waals surface area contributed by atoms with Gasteiger partial charge >= 0.3 is 5.97 Å². The Kier molecular flexibility index (Phi) is 7.68. The number of carbonyl (C=O) groups excluding carboxylic acids is 1. The molecule has 0 bridgehead atoms. The number of hydrogen-bond donors (Lipinski definition) is 0. The number of esters is 1. The van der Waals surface area contributed by atoms with Crippen LogP contribution in [0.4, 0.5) is 0 Å². The molecule has 0 N–H and O–H groups in total. The summed E-state index contributed by atoms with van der Waals surface area (Å²) in [5, 5.41) is 0. The molecule has 1 fully saturated rings. The van der Waals surface area contributed by atoms with E-state index in [4.69, 9.17) is 13.9 Å². The fraction of sp³-hybridized carbons (Fsp3) is 0.429. The molecule has 180 valence electrons. The highest BCUT2D eigenvalue weighted by atomic mass is 16.5. The number of oxazole rings is 1. The van der Waals surface area contributed by atoms with Crippen LogP contribution < -0.4 is 4.74 Å². The van der Waals surface area contributed by atoms with Crippen molar-refractivity contribution in [3.05, 3.63) is 70.6 Å². The Morgan fingerprint density at radius 1 is 1.12 bits per heavy atom. The molecule has 0 radical (unpaired) electrons. The third kappa shape index (κ3) is 5.50. The fourth-order valence-electron chi connectivity index (χ4n) is 4.51. The molecule has 34 heavy (non-hydrogen) atoms. The molecule has 2 aromatic carbocycles. The number of ether oxygens (including phenoxy) is 2. The molecular weight excluding hydrogens is 428 g/mol. The molecule has 1 aliphatic rings. The van der Waals surface area contributed by atoms with E-state index in [0.29, 0.717) is 12.5 Å². The predicted molar refractivity (Wildman–Crippen MR) is 132 cm³/mol. The third-order valence-corrected chi connectivity index (χ3v) is 6.59. The maximum absolute atomic E-state index is 12.2. The highest BCUT2D eigenvalue weighted by Crippen LogP contribution is 2.27. The lowest BCUT2D eigenvalue weighted by atomic mass is 9.99.